The maximum absolute atomic E-state index is 12.5. The van der Waals surface area contributed by atoms with Crippen LogP contribution < -0.4 is 5.32 Å². The lowest BCUT2D eigenvalue weighted by molar-refractivity contribution is 0.102. The molecule has 0 aliphatic carbocycles. The van der Waals surface area contributed by atoms with E-state index in [4.69, 9.17) is 5.11 Å². The maximum Gasteiger partial charge on any atom is 0.259 e. The number of para-hydroxylation sites is 1. The number of aryl methyl sites for hydroxylation is 1. The number of carbonyl (C=O) groups excluding carboxylic acids is 1. The number of carbonyl (C=O) groups is 1. The highest BCUT2D eigenvalue weighted by atomic mass is 16.3. The Morgan fingerprint density at radius 1 is 1.12 bits per heavy atom. The Morgan fingerprint density at radius 2 is 1.83 bits per heavy atom. The van der Waals surface area contributed by atoms with Gasteiger partial charge in [-0.2, -0.15) is 5.10 Å². The molecule has 3 rings (SSSR count). The van der Waals surface area contributed by atoms with Crippen LogP contribution in [0.1, 0.15) is 21.6 Å². The number of anilines is 1. The normalized spacial score (nSPS) is 10.6. The van der Waals surface area contributed by atoms with Crippen molar-refractivity contribution < 1.29 is 9.90 Å². The molecular formula is C19H19N3O2. The summed E-state index contributed by atoms with van der Waals surface area (Å²) in [5.41, 5.74) is 3.87. The minimum Gasteiger partial charge on any atom is -0.396 e. The molecule has 3 aromatic rings. The average Bonchev–Trinajstić information content (AvgIpc) is 3.00. The summed E-state index contributed by atoms with van der Waals surface area (Å²) in [6, 6.07) is 17.1. The van der Waals surface area contributed by atoms with E-state index in [0.29, 0.717) is 23.4 Å². The van der Waals surface area contributed by atoms with Gasteiger partial charge in [-0.15, -0.1) is 0 Å². The molecule has 1 aromatic heterocycles. The highest BCUT2D eigenvalue weighted by Gasteiger charge is 2.14. The first-order valence-electron chi connectivity index (χ1n) is 7.80. The van der Waals surface area contributed by atoms with Crippen LogP contribution in [0.25, 0.3) is 5.69 Å². The molecule has 0 saturated heterocycles. The summed E-state index contributed by atoms with van der Waals surface area (Å²) in [6.07, 6.45) is 2.34. The second-order valence-electron chi connectivity index (χ2n) is 5.53. The van der Waals surface area contributed by atoms with Gasteiger partial charge in [-0.05, 0) is 43.2 Å². The molecule has 24 heavy (non-hydrogen) atoms. The molecule has 1 heterocycles. The predicted octanol–water partition coefficient (Wildman–Crippen LogP) is 2.97. The zero-order valence-electron chi connectivity index (χ0n) is 13.4. The highest BCUT2D eigenvalue weighted by molar-refractivity contribution is 6.04. The van der Waals surface area contributed by atoms with Crippen LogP contribution in [0.15, 0.2) is 60.8 Å². The Hall–Kier alpha value is -2.92. The van der Waals surface area contributed by atoms with Crippen molar-refractivity contribution in [2.24, 2.45) is 0 Å². The molecule has 0 radical (unpaired) electrons. The van der Waals surface area contributed by atoms with Gasteiger partial charge >= 0.3 is 0 Å². The molecule has 0 atom stereocenters. The quantitative estimate of drug-likeness (QED) is 0.759. The summed E-state index contributed by atoms with van der Waals surface area (Å²) in [7, 11) is 0. The van der Waals surface area contributed by atoms with Crippen molar-refractivity contribution in [3.8, 4) is 5.69 Å². The number of amides is 1. The van der Waals surface area contributed by atoms with Gasteiger partial charge in [0.1, 0.15) is 0 Å². The summed E-state index contributed by atoms with van der Waals surface area (Å²) in [6.45, 7) is 1.93. The summed E-state index contributed by atoms with van der Waals surface area (Å²) >= 11 is 0. The van der Waals surface area contributed by atoms with Crippen molar-refractivity contribution in [3.05, 3.63) is 77.6 Å². The van der Waals surface area contributed by atoms with Crippen molar-refractivity contribution in [1.82, 2.24) is 9.78 Å². The topological polar surface area (TPSA) is 67.2 Å². The molecule has 0 fully saturated rings. The van der Waals surface area contributed by atoms with Crippen molar-refractivity contribution in [1.29, 1.82) is 0 Å². The second kappa shape index (κ2) is 7.10. The van der Waals surface area contributed by atoms with Gasteiger partial charge in [0.15, 0.2) is 0 Å². The standard InChI is InChI=1S/C19H19N3O2/c1-14-18(13-22(21-14)17-5-3-2-4-6-17)19(24)20-16-9-7-15(8-10-16)11-12-23/h2-10,13,23H,11-12H2,1H3,(H,20,24). The van der Waals surface area contributed by atoms with Crippen LogP contribution >= 0.6 is 0 Å². The SMILES string of the molecule is Cc1nn(-c2ccccc2)cc1C(=O)Nc1ccc(CCO)cc1. The second-order valence-corrected chi connectivity index (χ2v) is 5.53. The molecule has 0 bridgehead atoms. The molecule has 0 spiro atoms. The Balaban J connectivity index is 1.76. The number of hydrogen-bond donors (Lipinski definition) is 2. The first kappa shape index (κ1) is 16.0. The minimum absolute atomic E-state index is 0.115. The average molecular weight is 321 g/mol. The van der Waals surface area contributed by atoms with Crippen LogP contribution in [-0.2, 0) is 6.42 Å². The van der Waals surface area contributed by atoms with Gasteiger partial charge in [-0.25, -0.2) is 4.68 Å². The Bertz CT molecular complexity index is 824. The van der Waals surface area contributed by atoms with E-state index in [-0.39, 0.29) is 12.5 Å². The predicted molar refractivity (Wildman–Crippen MR) is 93.5 cm³/mol. The Kier molecular flexibility index (Phi) is 4.72. The lowest BCUT2D eigenvalue weighted by Gasteiger charge is -2.05. The number of nitrogens with zero attached hydrogens (tertiary/aromatic N) is 2. The van der Waals surface area contributed by atoms with Gasteiger partial charge in [-0.1, -0.05) is 30.3 Å². The number of hydrogen-bond acceptors (Lipinski definition) is 3. The molecule has 0 saturated carbocycles. The molecule has 0 aliphatic rings. The summed E-state index contributed by atoms with van der Waals surface area (Å²) < 4.78 is 1.70. The molecule has 0 unspecified atom stereocenters. The number of aliphatic hydroxyl groups is 1. The number of rotatable bonds is 5. The molecule has 2 aromatic carbocycles. The van der Waals surface area contributed by atoms with Crippen molar-refractivity contribution in [2.75, 3.05) is 11.9 Å². The third kappa shape index (κ3) is 3.52. The van der Waals surface area contributed by atoms with E-state index < -0.39 is 0 Å². The van der Waals surface area contributed by atoms with Crippen LogP contribution in [0.4, 0.5) is 5.69 Å². The van der Waals surface area contributed by atoms with E-state index in [2.05, 4.69) is 10.4 Å². The van der Waals surface area contributed by atoms with E-state index >= 15 is 0 Å². The molecule has 122 valence electrons. The van der Waals surface area contributed by atoms with E-state index in [1.54, 1.807) is 10.9 Å². The van der Waals surface area contributed by atoms with Crippen LogP contribution in [0.2, 0.25) is 0 Å². The monoisotopic (exact) mass is 321 g/mol. The van der Waals surface area contributed by atoms with E-state index in [0.717, 1.165) is 11.3 Å². The Morgan fingerprint density at radius 3 is 2.50 bits per heavy atom. The van der Waals surface area contributed by atoms with Crippen LogP contribution in [-0.4, -0.2) is 27.4 Å². The fourth-order valence-corrected chi connectivity index (χ4v) is 2.48. The lowest BCUT2D eigenvalue weighted by atomic mass is 10.1. The molecule has 1 amide bonds. The van der Waals surface area contributed by atoms with Gasteiger partial charge < -0.3 is 10.4 Å². The third-order valence-corrected chi connectivity index (χ3v) is 3.78. The Labute approximate surface area is 140 Å². The fraction of sp³-hybridized carbons (Fsp3) is 0.158. The van der Waals surface area contributed by atoms with Crippen LogP contribution in [0, 0.1) is 6.92 Å². The van der Waals surface area contributed by atoms with Gasteiger partial charge in [0.25, 0.3) is 5.91 Å². The van der Waals surface area contributed by atoms with Crippen LogP contribution in [0.5, 0.6) is 0 Å². The lowest BCUT2D eigenvalue weighted by Crippen LogP contribution is -2.12. The highest BCUT2D eigenvalue weighted by Crippen LogP contribution is 2.15. The summed E-state index contributed by atoms with van der Waals surface area (Å²) in [5, 5.41) is 16.2. The first-order valence-corrected chi connectivity index (χ1v) is 7.80. The van der Waals surface area contributed by atoms with E-state index in [1.165, 1.54) is 0 Å². The van der Waals surface area contributed by atoms with E-state index in [9.17, 15) is 4.79 Å². The number of aromatic nitrogens is 2. The molecule has 0 aliphatic heterocycles. The summed E-state index contributed by atoms with van der Waals surface area (Å²) in [5.74, 6) is -0.190. The molecule has 2 N–H and O–H groups in total. The van der Waals surface area contributed by atoms with Crippen molar-refractivity contribution >= 4 is 11.6 Å². The molecular weight excluding hydrogens is 302 g/mol. The van der Waals surface area contributed by atoms with Gasteiger partial charge in [-0.3, -0.25) is 4.79 Å². The molecule has 5 heteroatoms. The molecule has 5 nitrogen and oxygen atoms in total. The van der Waals surface area contributed by atoms with Gasteiger partial charge in [0.2, 0.25) is 0 Å². The zero-order valence-corrected chi connectivity index (χ0v) is 13.4. The van der Waals surface area contributed by atoms with Crippen LogP contribution in [0.3, 0.4) is 0 Å². The first-order chi connectivity index (χ1) is 11.7. The van der Waals surface area contributed by atoms with Crippen molar-refractivity contribution in [3.63, 3.8) is 0 Å². The number of aliphatic hydroxyl groups excluding tert-OH is 1. The summed E-state index contributed by atoms with van der Waals surface area (Å²) in [4.78, 5) is 12.5. The third-order valence-electron chi connectivity index (χ3n) is 3.78. The zero-order chi connectivity index (χ0) is 16.9. The minimum atomic E-state index is -0.190. The smallest absolute Gasteiger partial charge is 0.259 e. The van der Waals surface area contributed by atoms with E-state index in [1.807, 2.05) is 61.5 Å². The maximum atomic E-state index is 12.5. The van der Waals surface area contributed by atoms with Gasteiger partial charge in [0.05, 0.1) is 16.9 Å². The number of nitrogens with one attached hydrogen (secondary N) is 1. The van der Waals surface area contributed by atoms with Crippen molar-refractivity contribution in [2.45, 2.75) is 13.3 Å². The number of benzene rings is 2. The largest absolute Gasteiger partial charge is 0.396 e. The van der Waals surface area contributed by atoms with Gasteiger partial charge in [0, 0.05) is 18.5 Å². The fourth-order valence-electron chi connectivity index (χ4n) is 2.48.